The van der Waals surface area contributed by atoms with Crippen molar-refractivity contribution < 1.29 is 0 Å². The van der Waals surface area contributed by atoms with E-state index in [1.807, 2.05) is 33.0 Å². The molecular weight excluding hydrogens is 272 g/mol. The van der Waals surface area contributed by atoms with Crippen LogP contribution in [0.4, 0.5) is 0 Å². The third-order valence-corrected chi connectivity index (χ3v) is 4.21. The maximum atomic E-state index is 12.7. The summed E-state index contributed by atoms with van der Waals surface area (Å²) in [5.74, 6) is 0. The Kier molecular flexibility index (Phi) is 4.30. The van der Waals surface area contributed by atoms with Gasteiger partial charge in [0.05, 0.1) is 6.04 Å². The Balaban J connectivity index is 2.57. The number of aromatic nitrogens is 1. The van der Waals surface area contributed by atoms with Crippen molar-refractivity contribution in [3.63, 3.8) is 0 Å². The highest BCUT2D eigenvalue weighted by Crippen LogP contribution is 2.25. The van der Waals surface area contributed by atoms with Gasteiger partial charge in [0, 0.05) is 23.7 Å². The topological polar surface area (TPSA) is 48.0 Å². The summed E-state index contributed by atoms with van der Waals surface area (Å²) in [6.45, 7) is 10.4. The van der Waals surface area contributed by atoms with E-state index in [0.717, 1.165) is 22.4 Å². The van der Waals surface area contributed by atoms with Crippen molar-refractivity contribution in [2.24, 2.45) is 12.8 Å². The molecule has 2 N–H and O–H groups in total. The molecule has 1 aromatic heterocycles. The van der Waals surface area contributed by atoms with Gasteiger partial charge in [0.2, 0.25) is 0 Å². The van der Waals surface area contributed by atoms with Crippen molar-refractivity contribution in [3.05, 3.63) is 68.6 Å². The van der Waals surface area contributed by atoms with Gasteiger partial charge >= 0.3 is 0 Å². The molecule has 2 aromatic rings. The Hall–Kier alpha value is -1.87. The Bertz CT molecular complexity index is 751. The molecule has 1 heterocycles. The summed E-state index contributed by atoms with van der Waals surface area (Å²) < 4.78 is 1.72. The molecule has 0 radical (unpaired) electrons. The van der Waals surface area contributed by atoms with E-state index in [1.165, 1.54) is 0 Å². The third kappa shape index (κ3) is 3.00. The van der Waals surface area contributed by atoms with Gasteiger partial charge in [-0.3, -0.25) is 4.79 Å². The summed E-state index contributed by atoms with van der Waals surface area (Å²) in [5, 5.41) is 0. The van der Waals surface area contributed by atoms with Gasteiger partial charge < -0.3 is 10.3 Å². The van der Waals surface area contributed by atoms with Crippen LogP contribution in [0.3, 0.4) is 0 Å². The summed E-state index contributed by atoms with van der Waals surface area (Å²) >= 11 is 0. The number of hydrogen-bond acceptors (Lipinski definition) is 2. The lowest BCUT2D eigenvalue weighted by molar-refractivity contribution is 0.528. The van der Waals surface area contributed by atoms with Crippen molar-refractivity contribution in [1.82, 2.24) is 4.57 Å². The van der Waals surface area contributed by atoms with E-state index in [1.54, 1.807) is 4.57 Å². The molecule has 3 nitrogen and oxygen atoms in total. The van der Waals surface area contributed by atoms with Crippen LogP contribution in [0.5, 0.6) is 0 Å². The molecule has 3 heteroatoms. The van der Waals surface area contributed by atoms with Crippen LogP contribution in [0, 0.1) is 13.8 Å². The number of hydrogen-bond donors (Lipinski definition) is 1. The number of aryl methyl sites for hydroxylation is 2. The standard InChI is InChI=1S/C19H26N2O/c1-12-7-8-13(2)15(11-12)17(20)14-9-10-16(19(3,4)5)21(6)18(14)22/h7-11,17H,20H2,1-6H3. The summed E-state index contributed by atoms with van der Waals surface area (Å²) in [5.41, 5.74) is 11.2. The van der Waals surface area contributed by atoms with Gasteiger partial charge in [-0.25, -0.2) is 0 Å². The zero-order chi connectivity index (χ0) is 16.7. The first-order valence-electron chi connectivity index (χ1n) is 7.66. The zero-order valence-electron chi connectivity index (χ0n) is 14.4. The minimum Gasteiger partial charge on any atom is -0.320 e. The highest BCUT2D eigenvalue weighted by atomic mass is 16.1. The largest absolute Gasteiger partial charge is 0.320 e. The lowest BCUT2D eigenvalue weighted by Gasteiger charge is -2.24. The van der Waals surface area contributed by atoms with E-state index in [9.17, 15) is 4.79 Å². The van der Waals surface area contributed by atoms with Crippen molar-refractivity contribution in [3.8, 4) is 0 Å². The molecule has 0 aliphatic heterocycles. The summed E-state index contributed by atoms with van der Waals surface area (Å²) in [6.07, 6.45) is 0. The average Bonchev–Trinajstić information content (AvgIpc) is 2.42. The molecule has 0 saturated carbocycles. The molecular formula is C19H26N2O. The quantitative estimate of drug-likeness (QED) is 0.924. The molecule has 1 aromatic carbocycles. The summed E-state index contributed by atoms with van der Waals surface area (Å²) in [7, 11) is 1.82. The van der Waals surface area contributed by atoms with Gasteiger partial charge in [-0.2, -0.15) is 0 Å². The monoisotopic (exact) mass is 298 g/mol. The molecule has 22 heavy (non-hydrogen) atoms. The normalized spacial score (nSPS) is 13.2. The van der Waals surface area contributed by atoms with E-state index in [0.29, 0.717) is 5.56 Å². The van der Waals surface area contributed by atoms with Crippen LogP contribution in [0.2, 0.25) is 0 Å². The molecule has 0 saturated heterocycles. The molecule has 0 aliphatic carbocycles. The van der Waals surface area contributed by atoms with Crippen molar-refractivity contribution in [1.29, 1.82) is 0 Å². The van der Waals surface area contributed by atoms with Crippen LogP contribution in [-0.4, -0.2) is 4.57 Å². The fraction of sp³-hybridized carbons (Fsp3) is 0.421. The van der Waals surface area contributed by atoms with Crippen LogP contribution in [0.15, 0.2) is 35.1 Å². The predicted molar refractivity (Wildman–Crippen MR) is 92.3 cm³/mol. The predicted octanol–water partition coefficient (Wildman–Crippen LogP) is 3.35. The average molecular weight is 298 g/mol. The summed E-state index contributed by atoms with van der Waals surface area (Å²) in [6, 6.07) is 9.69. The molecule has 0 fully saturated rings. The van der Waals surface area contributed by atoms with Crippen molar-refractivity contribution >= 4 is 0 Å². The molecule has 0 bridgehead atoms. The molecule has 0 aliphatic rings. The second-order valence-electron chi connectivity index (χ2n) is 7.13. The minimum absolute atomic E-state index is 0.0131. The molecule has 118 valence electrons. The SMILES string of the molecule is Cc1ccc(C)c(C(N)c2ccc(C(C)(C)C)n(C)c2=O)c1. The van der Waals surface area contributed by atoms with E-state index in [-0.39, 0.29) is 11.0 Å². The van der Waals surface area contributed by atoms with Gasteiger partial charge in [-0.1, -0.05) is 44.5 Å². The Labute approximate surface area is 132 Å². The molecule has 0 spiro atoms. The van der Waals surface area contributed by atoms with Gasteiger partial charge in [-0.05, 0) is 37.1 Å². The van der Waals surface area contributed by atoms with Gasteiger partial charge in [0.1, 0.15) is 0 Å². The second kappa shape index (κ2) is 5.73. The minimum atomic E-state index is -0.396. The van der Waals surface area contributed by atoms with Gasteiger partial charge in [0.25, 0.3) is 5.56 Å². The van der Waals surface area contributed by atoms with Crippen LogP contribution >= 0.6 is 0 Å². The third-order valence-electron chi connectivity index (χ3n) is 4.21. The van der Waals surface area contributed by atoms with E-state index < -0.39 is 6.04 Å². The van der Waals surface area contributed by atoms with Gasteiger partial charge in [-0.15, -0.1) is 0 Å². The number of nitrogens with zero attached hydrogens (tertiary/aromatic N) is 1. The number of benzene rings is 1. The molecule has 1 atom stereocenters. The van der Waals surface area contributed by atoms with E-state index >= 15 is 0 Å². The van der Waals surface area contributed by atoms with Crippen LogP contribution in [0.25, 0.3) is 0 Å². The van der Waals surface area contributed by atoms with Crippen LogP contribution in [-0.2, 0) is 12.5 Å². The number of rotatable bonds is 2. The first kappa shape index (κ1) is 16.5. The molecule has 0 amide bonds. The van der Waals surface area contributed by atoms with E-state index in [4.69, 9.17) is 5.73 Å². The Morgan fingerprint density at radius 1 is 1.05 bits per heavy atom. The van der Waals surface area contributed by atoms with Crippen LogP contribution in [0.1, 0.15) is 54.8 Å². The molecule has 1 unspecified atom stereocenters. The fourth-order valence-corrected chi connectivity index (χ4v) is 2.91. The fourth-order valence-electron chi connectivity index (χ4n) is 2.91. The Morgan fingerprint density at radius 2 is 1.68 bits per heavy atom. The van der Waals surface area contributed by atoms with E-state index in [2.05, 4.69) is 39.0 Å². The lowest BCUT2D eigenvalue weighted by atomic mass is 9.89. The Morgan fingerprint density at radius 3 is 2.27 bits per heavy atom. The maximum absolute atomic E-state index is 12.7. The maximum Gasteiger partial charge on any atom is 0.255 e. The van der Waals surface area contributed by atoms with Gasteiger partial charge in [0.15, 0.2) is 0 Å². The highest BCUT2D eigenvalue weighted by Gasteiger charge is 2.21. The van der Waals surface area contributed by atoms with Crippen molar-refractivity contribution in [2.75, 3.05) is 0 Å². The van der Waals surface area contributed by atoms with Crippen molar-refractivity contribution in [2.45, 2.75) is 46.1 Å². The first-order chi connectivity index (χ1) is 10.1. The first-order valence-corrected chi connectivity index (χ1v) is 7.66. The lowest BCUT2D eigenvalue weighted by Crippen LogP contribution is -2.32. The summed E-state index contributed by atoms with van der Waals surface area (Å²) in [4.78, 5) is 12.7. The molecule has 2 rings (SSSR count). The highest BCUT2D eigenvalue weighted by molar-refractivity contribution is 5.38. The zero-order valence-corrected chi connectivity index (χ0v) is 14.4. The van der Waals surface area contributed by atoms with Crippen LogP contribution < -0.4 is 11.3 Å². The second-order valence-corrected chi connectivity index (χ2v) is 7.13. The number of nitrogens with two attached hydrogens (primary N) is 1. The smallest absolute Gasteiger partial charge is 0.255 e. The number of pyridine rings is 1.